The molecule has 3 rings (SSSR count). The molecule has 2 aromatic carbocycles. The van der Waals surface area contributed by atoms with Crippen molar-refractivity contribution in [3.05, 3.63) is 89.5 Å². The van der Waals surface area contributed by atoms with Gasteiger partial charge in [0.15, 0.2) is 0 Å². The summed E-state index contributed by atoms with van der Waals surface area (Å²) in [7, 11) is 0. The summed E-state index contributed by atoms with van der Waals surface area (Å²) < 4.78 is 0. The Morgan fingerprint density at radius 3 is 2.19 bits per heavy atom. The topological polar surface area (TPSA) is 0 Å². The van der Waals surface area contributed by atoms with Crippen LogP contribution in [0.3, 0.4) is 0 Å². The minimum atomic E-state index is 0.335. The molecule has 21 heavy (non-hydrogen) atoms. The molecule has 0 aliphatic heterocycles. The van der Waals surface area contributed by atoms with Gasteiger partial charge >= 0.3 is 0 Å². The first-order chi connectivity index (χ1) is 10.4. The van der Waals surface area contributed by atoms with Crippen LogP contribution < -0.4 is 0 Å². The third-order valence-corrected chi connectivity index (χ3v) is 3.96. The molecule has 0 radical (unpaired) electrons. The van der Waals surface area contributed by atoms with Gasteiger partial charge in [-0.2, -0.15) is 0 Å². The molecule has 0 aromatic heterocycles. The molecule has 0 heterocycles. The Bertz CT molecular complexity index is 697. The fraction of sp³-hybridized carbons (Fsp3) is 0.143. The van der Waals surface area contributed by atoms with Crippen molar-refractivity contribution in [1.82, 2.24) is 0 Å². The highest BCUT2D eigenvalue weighted by Crippen LogP contribution is 2.43. The molecule has 0 nitrogen and oxygen atoms in total. The van der Waals surface area contributed by atoms with E-state index in [1.54, 1.807) is 0 Å². The zero-order valence-electron chi connectivity index (χ0n) is 12.0. The summed E-state index contributed by atoms with van der Waals surface area (Å²) in [6.45, 7) is 0. The quantitative estimate of drug-likeness (QED) is 0.669. The molecule has 0 saturated heterocycles. The minimum Gasteiger partial charge on any atom is -0.120 e. The first-order valence-corrected chi connectivity index (χ1v) is 7.34. The molecule has 0 N–H and O–H groups in total. The van der Waals surface area contributed by atoms with Crippen LogP contribution >= 0.6 is 0 Å². The summed E-state index contributed by atoms with van der Waals surface area (Å²) in [5, 5.41) is 0. The van der Waals surface area contributed by atoms with E-state index in [0.29, 0.717) is 5.92 Å². The molecule has 0 bridgehead atoms. The van der Waals surface area contributed by atoms with Gasteiger partial charge in [-0.3, -0.25) is 0 Å². The van der Waals surface area contributed by atoms with Crippen LogP contribution in [0.2, 0.25) is 0 Å². The molecule has 0 heteroatoms. The lowest BCUT2D eigenvalue weighted by Gasteiger charge is -2.20. The Labute approximate surface area is 126 Å². The maximum Gasteiger partial charge on any atom is 0.0308 e. The third-order valence-electron chi connectivity index (χ3n) is 3.96. The van der Waals surface area contributed by atoms with Crippen molar-refractivity contribution >= 4 is 5.57 Å². The van der Waals surface area contributed by atoms with Crippen LogP contribution in [-0.4, -0.2) is 0 Å². The first-order valence-electron chi connectivity index (χ1n) is 7.34. The number of rotatable bonds is 4. The summed E-state index contributed by atoms with van der Waals surface area (Å²) in [6, 6.07) is 21.3. The standard InChI is InChI=1S/C21H18/c1-2-3-10-19-15-16-20(17-11-6-4-7-12-17)21(19)18-13-8-5-9-14-18/h1,4-9,11-16,21H,3,10H2. The van der Waals surface area contributed by atoms with Crippen LogP contribution in [0.1, 0.15) is 29.9 Å². The second-order valence-electron chi connectivity index (χ2n) is 5.28. The summed E-state index contributed by atoms with van der Waals surface area (Å²) in [4.78, 5) is 0. The van der Waals surface area contributed by atoms with E-state index in [9.17, 15) is 0 Å². The largest absolute Gasteiger partial charge is 0.120 e. The van der Waals surface area contributed by atoms with E-state index in [-0.39, 0.29) is 0 Å². The molecule has 0 spiro atoms. The Morgan fingerprint density at radius 2 is 1.52 bits per heavy atom. The van der Waals surface area contributed by atoms with E-state index in [4.69, 9.17) is 6.42 Å². The van der Waals surface area contributed by atoms with E-state index < -0.39 is 0 Å². The van der Waals surface area contributed by atoms with Crippen LogP contribution in [0.4, 0.5) is 0 Å². The molecule has 1 aliphatic rings. The van der Waals surface area contributed by atoms with Crippen LogP contribution in [0.15, 0.2) is 78.4 Å². The van der Waals surface area contributed by atoms with Crippen LogP contribution in [0.5, 0.6) is 0 Å². The lowest BCUT2D eigenvalue weighted by molar-refractivity contribution is 0.897. The van der Waals surface area contributed by atoms with Crippen LogP contribution in [-0.2, 0) is 0 Å². The molecule has 2 aromatic rings. The Morgan fingerprint density at radius 1 is 0.857 bits per heavy atom. The van der Waals surface area contributed by atoms with Gasteiger partial charge in [0.1, 0.15) is 0 Å². The molecule has 0 amide bonds. The predicted molar refractivity (Wildman–Crippen MR) is 89.8 cm³/mol. The average molecular weight is 270 g/mol. The molecule has 1 atom stereocenters. The zero-order chi connectivity index (χ0) is 14.5. The summed E-state index contributed by atoms with van der Waals surface area (Å²) in [5.74, 6) is 3.09. The van der Waals surface area contributed by atoms with E-state index in [2.05, 4.69) is 78.7 Å². The summed E-state index contributed by atoms with van der Waals surface area (Å²) in [6.07, 6.45) is 11.7. The number of allylic oxidation sites excluding steroid dienone is 4. The molecule has 102 valence electrons. The predicted octanol–water partition coefficient (Wildman–Crippen LogP) is 5.21. The van der Waals surface area contributed by atoms with E-state index in [1.165, 1.54) is 22.3 Å². The molecular weight excluding hydrogens is 252 g/mol. The smallest absolute Gasteiger partial charge is 0.0308 e. The lowest BCUT2D eigenvalue weighted by Crippen LogP contribution is -2.02. The monoisotopic (exact) mass is 270 g/mol. The fourth-order valence-corrected chi connectivity index (χ4v) is 2.97. The van der Waals surface area contributed by atoms with Gasteiger partial charge in [0.2, 0.25) is 0 Å². The van der Waals surface area contributed by atoms with Gasteiger partial charge < -0.3 is 0 Å². The van der Waals surface area contributed by atoms with Gasteiger partial charge in [0.05, 0.1) is 0 Å². The van der Waals surface area contributed by atoms with Crippen molar-refractivity contribution in [2.45, 2.75) is 18.8 Å². The van der Waals surface area contributed by atoms with Crippen LogP contribution in [0.25, 0.3) is 5.57 Å². The highest BCUT2D eigenvalue weighted by Gasteiger charge is 2.25. The van der Waals surface area contributed by atoms with Gasteiger partial charge in [-0.15, -0.1) is 12.3 Å². The van der Waals surface area contributed by atoms with Crippen molar-refractivity contribution < 1.29 is 0 Å². The maximum atomic E-state index is 5.44. The highest BCUT2D eigenvalue weighted by atomic mass is 14.3. The SMILES string of the molecule is C#CCCC1=CC=C(c2ccccc2)C1c1ccccc1. The van der Waals surface area contributed by atoms with Crippen molar-refractivity contribution in [1.29, 1.82) is 0 Å². The Hall–Kier alpha value is -2.52. The number of hydrogen-bond donors (Lipinski definition) is 0. The molecule has 0 fully saturated rings. The summed E-state index contributed by atoms with van der Waals surface area (Å²) >= 11 is 0. The van der Waals surface area contributed by atoms with Crippen molar-refractivity contribution in [3.63, 3.8) is 0 Å². The van der Waals surface area contributed by atoms with Crippen molar-refractivity contribution in [3.8, 4) is 12.3 Å². The van der Waals surface area contributed by atoms with E-state index >= 15 is 0 Å². The number of benzene rings is 2. The average Bonchev–Trinajstić information content (AvgIpc) is 2.98. The van der Waals surface area contributed by atoms with Gasteiger partial charge in [-0.1, -0.05) is 78.4 Å². The van der Waals surface area contributed by atoms with E-state index in [1.807, 2.05) is 0 Å². The molecule has 1 aliphatic carbocycles. The second-order valence-corrected chi connectivity index (χ2v) is 5.28. The molecule has 1 unspecified atom stereocenters. The molecular formula is C21H18. The van der Waals surface area contributed by atoms with Gasteiger partial charge in [0, 0.05) is 12.3 Å². The number of terminal acetylenes is 1. The third kappa shape index (κ3) is 2.83. The fourth-order valence-electron chi connectivity index (χ4n) is 2.97. The normalized spacial score (nSPS) is 17.0. The van der Waals surface area contributed by atoms with Gasteiger partial charge in [-0.25, -0.2) is 0 Å². The summed E-state index contributed by atoms with van der Waals surface area (Å²) in [5.41, 5.74) is 5.42. The Kier molecular flexibility index (Phi) is 4.03. The second kappa shape index (κ2) is 6.29. The van der Waals surface area contributed by atoms with Gasteiger partial charge in [0.25, 0.3) is 0 Å². The van der Waals surface area contributed by atoms with Crippen LogP contribution in [0, 0.1) is 12.3 Å². The Balaban J connectivity index is 1.97. The maximum absolute atomic E-state index is 5.44. The van der Waals surface area contributed by atoms with Crippen molar-refractivity contribution in [2.24, 2.45) is 0 Å². The van der Waals surface area contributed by atoms with Gasteiger partial charge in [-0.05, 0) is 23.1 Å². The minimum absolute atomic E-state index is 0.335. The lowest BCUT2D eigenvalue weighted by atomic mass is 9.83. The number of hydrogen-bond acceptors (Lipinski definition) is 0. The first kappa shape index (κ1) is 13.5. The molecule has 0 saturated carbocycles. The highest BCUT2D eigenvalue weighted by molar-refractivity contribution is 5.79. The van der Waals surface area contributed by atoms with E-state index in [0.717, 1.165) is 12.8 Å². The zero-order valence-corrected chi connectivity index (χ0v) is 12.0. The van der Waals surface area contributed by atoms with Crippen molar-refractivity contribution in [2.75, 3.05) is 0 Å².